The van der Waals surface area contributed by atoms with Gasteiger partial charge < -0.3 is 20.1 Å². The number of ether oxygens (including phenoxy) is 1. The average molecular weight is 258 g/mol. The quantitative estimate of drug-likeness (QED) is 0.772. The molecule has 2 atom stereocenters. The normalized spacial score (nSPS) is 20.8. The van der Waals surface area contributed by atoms with Gasteiger partial charge in [-0.25, -0.2) is 4.79 Å². The smallest absolute Gasteiger partial charge is 0.323 e. The molecule has 2 amide bonds. The van der Waals surface area contributed by atoms with Crippen LogP contribution in [0.5, 0.6) is 0 Å². The Bertz CT molecular complexity index is 300. The summed E-state index contributed by atoms with van der Waals surface area (Å²) >= 11 is 0. The molecule has 2 unspecified atom stereocenters. The van der Waals surface area contributed by atoms with Crippen LogP contribution >= 0.6 is 0 Å². The van der Waals surface area contributed by atoms with Crippen molar-refractivity contribution in [3.63, 3.8) is 0 Å². The monoisotopic (exact) mass is 258 g/mol. The molecule has 6 nitrogen and oxygen atoms in total. The van der Waals surface area contributed by atoms with Crippen molar-refractivity contribution in [3.8, 4) is 0 Å². The van der Waals surface area contributed by atoms with E-state index in [9.17, 15) is 9.59 Å². The molecule has 0 spiro atoms. The number of nitrogens with zero attached hydrogens (tertiary/aromatic N) is 1. The van der Waals surface area contributed by atoms with Gasteiger partial charge in [0.15, 0.2) is 0 Å². The standard InChI is InChI=1S/C12H22N2O4/c1-8(2)14(7-11(15)16)12(17)13-9(3)10-5-4-6-18-10/h8-10H,4-7H2,1-3H3,(H,13,17)(H,15,16). The zero-order valence-electron chi connectivity index (χ0n) is 11.2. The molecule has 0 saturated carbocycles. The van der Waals surface area contributed by atoms with Gasteiger partial charge in [0.05, 0.1) is 12.1 Å². The maximum Gasteiger partial charge on any atom is 0.323 e. The van der Waals surface area contributed by atoms with Crippen molar-refractivity contribution in [2.24, 2.45) is 0 Å². The van der Waals surface area contributed by atoms with Gasteiger partial charge in [0.1, 0.15) is 6.54 Å². The van der Waals surface area contributed by atoms with E-state index in [1.807, 2.05) is 6.92 Å². The second-order valence-corrected chi connectivity index (χ2v) is 4.91. The lowest BCUT2D eigenvalue weighted by Gasteiger charge is -2.28. The van der Waals surface area contributed by atoms with Gasteiger partial charge in [0.25, 0.3) is 0 Å². The molecule has 6 heteroatoms. The maximum atomic E-state index is 12.0. The van der Waals surface area contributed by atoms with Gasteiger partial charge in [-0.1, -0.05) is 0 Å². The predicted octanol–water partition coefficient (Wildman–Crippen LogP) is 1.06. The molecular weight excluding hydrogens is 236 g/mol. The fraction of sp³-hybridized carbons (Fsp3) is 0.833. The summed E-state index contributed by atoms with van der Waals surface area (Å²) in [7, 11) is 0. The molecule has 2 N–H and O–H groups in total. The number of amides is 2. The number of urea groups is 1. The Morgan fingerprint density at radius 2 is 2.11 bits per heavy atom. The molecular formula is C12H22N2O4. The van der Waals surface area contributed by atoms with Crippen molar-refractivity contribution in [2.45, 2.75) is 51.8 Å². The van der Waals surface area contributed by atoms with Gasteiger partial charge in [0.2, 0.25) is 0 Å². The minimum Gasteiger partial charge on any atom is -0.480 e. The molecule has 1 heterocycles. The number of carbonyl (C=O) groups is 2. The van der Waals surface area contributed by atoms with E-state index in [0.717, 1.165) is 19.4 Å². The van der Waals surface area contributed by atoms with E-state index in [1.165, 1.54) is 4.90 Å². The Hall–Kier alpha value is -1.30. The molecule has 0 aromatic carbocycles. The van der Waals surface area contributed by atoms with E-state index in [4.69, 9.17) is 9.84 Å². The molecule has 1 rings (SSSR count). The van der Waals surface area contributed by atoms with Crippen LogP contribution < -0.4 is 5.32 Å². The maximum absolute atomic E-state index is 12.0. The second kappa shape index (κ2) is 6.58. The summed E-state index contributed by atoms with van der Waals surface area (Å²) in [5, 5.41) is 11.6. The summed E-state index contributed by atoms with van der Waals surface area (Å²) in [5.41, 5.74) is 0. The molecule has 0 aromatic heterocycles. The SMILES string of the molecule is CC(NC(=O)N(CC(=O)O)C(C)C)C1CCCO1. The number of nitrogens with one attached hydrogen (secondary N) is 1. The van der Waals surface area contributed by atoms with E-state index >= 15 is 0 Å². The van der Waals surface area contributed by atoms with Gasteiger partial charge in [-0.15, -0.1) is 0 Å². The summed E-state index contributed by atoms with van der Waals surface area (Å²) in [5.74, 6) is -1.01. The highest BCUT2D eigenvalue weighted by molar-refractivity contribution is 5.80. The molecule has 0 aliphatic carbocycles. The lowest BCUT2D eigenvalue weighted by Crippen LogP contribution is -2.51. The van der Waals surface area contributed by atoms with E-state index in [0.29, 0.717) is 0 Å². The van der Waals surface area contributed by atoms with Crippen LogP contribution in [0.2, 0.25) is 0 Å². The summed E-state index contributed by atoms with van der Waals surface area (Å²) in [6, 6.07) is -0.608. The minimum atomic E-state index is -1.01. The first-order chi connectivity index (χ1) is 8.41. The van der Waals surface area contributed by atoms with Crippen molar-refractivity contribution < 1.29 is 19.4 Å². The lowest BCUT2D eigenvalue weighted by molar-refractivity contribution is -0.138. The van der Waals surface area contributed by atoms with Crippen LogP contribution in [0.4, 0.5) is 4.79 Å². The van der Waals surface area contributed by atoms with Crippen molar-refractivity contribution in [3.05, 3.63) is 0 Å². The van der Waals surface area contributed by atoms with Gasteiger partial charge in [-0.2, -0.15) is 0 Å². The largest absolute Gasteiger partial charge is 0.480 e. The zero-order valence-corrected chi connectivity index (χ0v) is 11.2. The number of hydrogen-bond acceptors (Lipinski definition) is 3. The van der Waals surface area contributed by atoms with Gasteiger partial charge in [-0.05, 0) is 33.6 Å². The Morgan fingerprint density at radius 1 is 1.44 bits per heavy atom. The molecule has 1 aliphatic heterocycles. The Balaban J connectivity index is 2.52. The second-order valence-electron chi connectivity index (χ2n) is 4.91. The first-order valence-corrected chi connectivity index (χ1v) is 6.32. The van der Waals surface area contributed by atoms with Crippen molar-refractivity contribution >= 4 is 12.0 Å². The third kappa shape index (κ3) is 4.18. The Kier molecular flexibility index (Phi) is 5.40. The Morgan fingerprint density at radius 3 is 2.56 bits per heavy atom. The number of rotatable bonds is 5. The van der Waals surface area contributed by atoms with Gasteiger partial charge in [-0.3, -0.25) is 4.79 Å². The van der Waals surface area contributed by atoms with Crippen LogP contribution in [0.25, 0.3) is 0 Å². The fourth-order valence-corrected chi connectivity index (χ4v) is 2.00. The molecule has 0 bridgehead atoms. The number of carbonyl (C=O) groups excluding carboxylic acids is 1. The number of carboxylic acid groups (broad SMARTS) is 1. The van der Waals surface area contributed by atoms with Crippen LogP contribution in [0.1, 0.15) is 33.6 Å². The van der Waals surface area contributed by atoms with Crippen LogP contribution in [0.15, 0.2) is 0 Å². The summed E-state index contributed by atoms with van der Waals surface area (Å²) in [4.78, 5) is 24.0. The number of carboxylic acids is 1. The molecule has 0 aromatic rings. The van der Waals surface area contributed by atoms with Gasteiger partial charge in [0, 0.05) is 12.6 Å². The van der Waals surface area contributed by atoms with Gasteiger partial charge >= 0.3 is 12.0 Å². The molecule has 1 saturated heterocycles. The lowest BCUT2D eigenvalue weighted by atomic mass is 10.1. The zero-order chi connectivity index (χ0) is 13.7. The van der Waals surface area contributed by atoms with Crippen molar-refractivity contribution in [2.75, 3.05) is 13.2 Å². The molecule has 0 radical (unpaired) electrons. The van der Waals surface area contributed by atoms with E-state index in [1.54, 1.807) is 13.8 Å². The summed E-state index contributed by atoms with van der Waals surface area (Å²) in [6.45, 7) is 5.90. The first-order valence-electron chi connectivity index (χ1n) is 6.32. The van der Waals surface area contributed by atoms with E-state index < -0.39 is 5.97 Å². The number of hydrogen-bond donors (Lipinski definition) is 2. The molecule has 18 heavy (non-hydrogen) atoms. The first kappa shape index (κ1) is 14.8. The van der Waals surface area contributed by atoms with Crippen LogP contribution in [0.3, 0.4) is 0 Å². The topological polar surface area (TPSA) is 78.9 Å². The fourth-order valence-electron chi connectivity index (χ4n) is 2.00. The number of aliphatic carboxylic acids is 1. The van der Waals surface area contributed by atoms with E-state index in [-0.39, 0.29) is 30.8 Å². The Labute approximate surface area is 107 Å². The molecule has 1 aliphatic rings. The summed E-state index contributed by atoms with van der Waals surface area (Å²) in [6.07, 6.45) is 1.98. The third-order valence-corrected chi connectivity index (χ3v) is 3.06. The highest BCUT2D eigenvalue weighted by Gasteiger charge is 2.27. The van der Waals surface area contributed by atoms with E-state index in [2.05, 4.69) is 5.32 Å². The third-order valence-electron chi connectivity index (χ3n) is 3.06. The molecule has 104 valence electrons. The van der Waals surface area contributed by atoms with Crippen molar-refractivity contribution in [1.29, 1.82) is 0 Å². The summed E-state index contributed by atoms with van der Waals surface area (Å²) < 4.78 is 5.49. The minimum absolute atomic E-state index is 0.0350. The predicted molar refractivity (Wildman–Crippen MR) is 66.4 cm³/mol. The average Bonchev–Trinajstić information content (AvgIpc) is 2.78. The van der Waals surface area contributed by atoms with Crippen molar-refractivity contribution in [1.82, 2.24) is 10.2 Å². The molecule has 1 fully saturated rings. The highest BCUT2D eigenvalue weighted by atomic mass is 16.5. The van der Waals surface area contributed by atoms with Crippen LogP contribution in [-0.4, -0.2) is 53.3 Å². The highest BCUT2D eigenvalue weighted by Crippen LogP contribution is 2.15. The van der Waals surface area contributed by atoms with Crippen LogP contribution in [0, 0.1) is 0 Å². The van der Waals surface area contributed by atoms with Crippen LogP contribution in [-0.2, 0) is 9.53 Å².